The van der Waals surface area contributed by atoms with Crippen LogP contribution in [0.5, 0.6) is 0 Å². The predicted molar refractivity (Wildman–Crippen MR) is 91.0 cm³/mol. The maximum absolute atomic E-state index is 13.8. The molecule has 2 aromatic carbocycles. The summed E-state index contributed by atoms with van der Waals surface area (Å²) in [7, 11) is 0. The first kappa shape index (κ1) is 17.5. The SMILES string of the molecule is CC(NC(=O)C1CC1c1cccc(F)c1F)C(O)Cc1ccccc1. The molecule has 1 aliphatic carbocycles. The van der Waals surface area contributed by atoms with Gasteiger partial charge in [-0.3, -0.25) is 4.79 Å². The number of rotatable bonds is 6. The zero-order chi connectivity index (χ0) is 18.0. The molecule has 4 atom stereocenters. The molecule has 4 unspecified atom stereocenters. The smallest absolute Gasteiger partial charge is 0.224 e. The average Bonchev–Trinajstić information content (AvgIpc) is 3.39. The number of carbonyl (C=O) groups is 1. The summed E-state index contributed by atoms with van der Waals surface area (Å²) in [5.74, 6) is -2.67. The zero-order valence-electron chi connectivity index (χ0n) is 14.0. The topological polar surface area (TPSA) is 49.3 Å². The van der Waals surface area contributed by atoms with Crippen LogP contribution in [-0.4, -0.2) is 23.2 Å². The third-order valence-corrected chi connectivity index (χ3v) is 4.74. The lowest BCUT2D eigenvalue weighted by Crippen LogP contribution is -2.43. The first-order valence-corrected chi connectivity index (χ1v) is 8.43. The van der Waals surface area contributed by atoms with E-state index in [4.69, 9.17) is 0 Å². The number of nitrogens with one attached hydrogen (secondary N) is 1. The molecule has 2 aromatic rings. The Labute approximate surface area is 145 Å². The van der Waals surface area contributed by atoms with Gasteiger partial charge >= 0.3 is 0 Å². The molecule has 0 radical (unpaired) electrons. The van der Waals surface area contributed by atoms with Crippen LogP contribution < -0.4 is 5.32 Å². The van der Waals surface area contributed by atoms with Gasteiger partial charge in [0.2, 0.25) is 5.91 Å². The maximum Gasteiger partial charge on any atom is 0.224 e. The van der Waals surface area contributed by atoms with Gasteiger partial charge in [-0.2, -0.15) is 0 Å². The molecule has 0 heterocycles. The van der Waals surface area contributed by atoms with Gasteiger partial charge in [-0.1, -0.05) is 42.5 Å². The third-order valence-electron chi connectivity index (χ3n) is 4.74. The van der Waals surface area contributed by atoms with E-state index in [9.17, 15) is 18.7 Å². The highest BCUT2D eigenvalue weighted by molar-refractivity contribution is 5.83. The lowest BCUT2D eigenvalue weighted by Gasteiger charge is -2.20. The summed E-state index contributed by atoms with van der Waals surface area (Å²) in [5, 5.41) is 13.1. The van der Waals surface area contributed by atoms with Crippen LogP contribution in [0.4, 0.5) is 8.78 Å². The normalized spacial score (nSPS) is 21.4. The van der Waals surface area contributed by atoms with Crippen LogP contribution in [0, 0.1) is 17.6 Å². The highest BCUT2D eigenvalue weighted by atomic mass is 19.2. The number of amides is 1. The van der Waals surface area contributed by atoms with Crippen LogP contribution >= 0.6 is 0 Å². The Kier molecular flexibility index (Phi) is 5.13. The Bertz CT molecular complexity index is 751. The van der Waals surface area contributed by atoms with Gasteiger partial charge in [0.05, 0.1) is 12.1 Å². The van der Waals surface area contributed by atoms with Crippen LogP contribution in [0.15, 0.2) is 48.5 Å². The van der Waals surface area contributed by atoms with Gasteiger partial charge in [-0.15, -0.1) is 0 Å². The quantitative estimate of drug-likeness (QED) is 0.845. The van der Waals surface area contributed by atoms with Crippen LogP contribution in [0.3, 0.4) is 0 Å². The maximum atomic E-state index is 13.8. The Morgan fingerprint density at radius 3 is 2.64 bits per heavy atom. The van der Waals surface area contributed by atoms with E-state index >= 15 is 0 Å². The van der Waals surface area contributed by atoms with Crippen molar-refractivity contribution >= 4 is 5.91 Å². The molecule has 1 aliphatic rings. The molecule has 25 heavy (non-hydrogen) atoms. The summed E-state index contributed by atoms with van der Waals surface area (Å²) in [4.78, 5) is 12.3. The number of aliphatic hydroxyl groups excluding tert-OH is 1. The number of hydrogen-bond acceptors (Lipinski definition) is 2. The van der Waals surface area contributed by atoms with Gasteiger partial charge in [0.15, 0.2) is 11.6 Å². The fourth-order valence-corrected chi connectivity index (χ4v) is 3.10. The highest BCUT2D eigenvalue weighted by Gasteiger charge is 2.46. The molecular weight excluding hydrogens is 324 g/mol. The summed E-state index contributed by atoms with van der Waals surface area (Å²) in [6, 6.07) is 13.1. The molecule has 132 valence electrons. The Morgan fingerprint density at radius 2 is 1.92 bits per heavy atom. The molecule has 1 fully saturated rings. The van der Waals surface area contributed by atoms with Gasteiger partial charge in [-0.05, 0) is 36.5 Å². The number of halogens is 2. The fraction of sp³-hybridized carbons (Fsp3) is 0.350. The highest BCUT2D eigenvalue weighted by Crippen LogP contribution is 2.48. The summed E-state index contributed by atoms with van der Waals surface area (Å²) in [6.07, 6.45) is 0.220. The second-order valence-corrected chi connectivity index (χ2v) is 6.65. The van der Waals surface area contributed by atoms with Crippen molar-refractivity contribution in [1.82, 2.24) is 5.32 Å². The molecule has 1 amide bonds. The molecule has 5 heteroatoms. The predicted octanol–water partition coefficient (Wildman–Crippen LogP) is 3.18. The average molecular weight is 345 g/mol. The standard InChI is InChI=1S/C20H21F2NO2/c1-12(18(24)10-13-6-3-2-4-7-13)23-20(25)16-11-15(16)14-8-5-9-17(21)19(14)22/h2-9,12,15-16,18,24H,10-11H2,1H3,(H,23,25). The summed E-state index contributed by atoms with van der Waals surface area (Å²) >= 11 is 0. The van der Waals surface area contributed by atoms with Gasteiger partial charge in [-0.25, -0.2) is 8.78 Å². The van der Waals surface area contributed by atoms with E-state index in [1.165, 1.54) is 12.1 Å². The lowest BCUT2D eigenvalue weighted by molar-refractivity contribution is -0.123. The van der Waals surface area contributed by atoms with Crippen molar-refractivity contribution in [2.24, 2.45) is 5.92 Å². The van der Waals surface area contributed by atoms with Crippen molar-refractivity contribution in [2.45, 2.75) is 37.8 Å². The van der Waals surface area contributed by atoms with Crippen molar-refractivity contribution in [1.29, 1.82) is 0 Å². The van der Waals surface area contributed by atoms with Crippen LogP contribution in [0.2, 0.25) is 0 Å². The third kappa shape index (κ3) is 4.04. The second kappa shape index (κ2) is 7.31. The van der Waals surface area contributed by atoms with E-state index in [2.05, 4.69) is 5.32 Å². The fourth-order valence-electron chi connectivity index (χ4n) is 3.10. The monoisotopic (exact) mass is 345 g/mol. The molecule has 0 spiro atoms. The molecule has 0 saturated heterocycles. The molecule has 0 aliphatic heterocycles. The number of aliphatic hydroxyl groups is 1. The van der Waals surface area contributed by atoms with Gasteiger partial charge in [0.1, 0.15) is 0 Å². The van der Waals surface area contributed by atoms with Crippen molar-refractivity contribution in [3.8, 4) is 0 Å². The number of hydrogen-bond donors (Lipinski definition) is 2. The molecule has 1 saturated carbocycles. The molecule has 0 aromatic heterocycles. The van der Waals surface area contributed by atoms with Crippen LogP contribution in [-0.2, 0) is 11.2 Å². The van der Waals surface area contributed by atoms with Crippen molar-refractivity contribution in [3.05, 3.63) is 71.3 Å². The van der Waals surface area contributed by atoms with Crippen molar-refractivity contribution in [3.63, 3.8) is 0 Å². The van der Waals surface area contributed by atoms with Crippen LogP contribution in [0.1, 0.15) is 30.4 Å². The molecule has 2 N–H and O–H groups in total. The largest absolute Gasteiger partial charge is 0.391 e. The minimum atomic E-state index is -0.893. The minimum Gasteiger partial charge on any atom is -0.391 e. The van der Waals surface area contributed by atoms with Gasteiger partial charge < -0.3 is 10.4 Å². The second-order valence-electron chi connectivity index (χ2n) is 6.65. The van der Waals surface area contributed by atoms with E-state index in [0.29, 0.717) is 12.8 Å². The summed E-state index contributed by atoms with van der Waals surface area (Å²) < 4.78 is 27.1. The van der Waals surface area contributed by atoms with E-state index in [1.54, 1.807) is 6.92 Å². The van der Waals surface area contributed by atoms with Gasteiger partial charge in [0, 0.05) is 12.3 Å². The number of carbonyl (C=O) groups excluding carboxylic acids is 1. The first-order chi connectivity index (χ1) is 12.0. The first-order valence-electron chi connectivity index (χ1n) is 8.43. The van der Waals surface area contributed by atoms with Crippen molar-refractivity contribution < 1.29 is 18.7 Å². The molecule has 3 nitrogen and oxygen atoms in total. The lowest BCUT2D eigenvalue weighted by atomic mass is 10.0. The Balaban J connectivity index is 1.55. The minimum absolute atomic E-state index is 0.228. The van der Waals surface area contributed by atoms with E-state index in [-0.39, 0.29) is 23.3 Å². The summed E-state index contributed by atoms with van der Waals surface area (Å²) in [5.41, 5.74) is 1.24. The number of benzene rings is 2. The van der Waals surface area contributed by atoms with Crippen molar-refractivity contribution in [2.75, 3.05) is 0 Å². The van der Waals surface area contributed by atoms with E-state index in [0.717, 1.165) is 11.6 Å². The molecular formula is C20H21F2NO2. The van der Waals surface area contributed by atoms with Crippen LogP contribution in [0.25, 0.3) is 0 Å². The van der Waals surface area contributed by atoms with E-state index < -0.39 is 23.8 Å². The van der Waals surface area contributed by atoms with Gasteiger partial charge in [0.25, 0.3) is 0 Å². The van der Waals surface area contributed by atoms with E-state index in [1.807, 2.05) is 30.3 Å². The Hall–Kier alpha value is -2.27. The zero-order valence-corrected chi connectivity index (χ0v) is 14.0. The Morgan fingerprint density at radius 1 is 1.20 bits per heavy atom. The molecule has 3 rings (SSSR count). The molecule has 0 bridgehead atoms. The summed E-state index contributed by atoms with van der Waals surface area (Å²) in [6.45, 7) is 1.74.